The fourth-order valence-electron chi connectivity index (χ4n) is 5.49. The lowest BCUT2D eigenvalue weighted by Crippen LogP contribution is -2.35. The number of benzene rings is 1. The molecular formula is C27H42O3. The van der Waals surface area contributed by atoms with Gasteiger partial charge in [0.2, 0.25) is 0 Å². The Labute approximate surface area is 183 Å². The summed E-state index contributed by atoms with van der Waals surface area (Å²) in [6, 6.07) is 7.54. The molecule has 2 aliphatic carbocycles. The van der Waals surface area contributed by atoms with Crippen LogP contribution in [0.2, 0.25) is 0 Å². The molecule has 2 saturated carbocycles. The first-order valence-electron chi connectivity index (χ1n) is 12.6. The van der Waals surface area contributed by atoms with Gasteiger partial charge in [-0.15, -0.1) is 0 Å². The summed E-state index contributed by atoms with van der Waals surface area (Å²) in [6.07, 6.45) is 16.3. The van der Waals surface area contributed by atoms with Gasteiger partial charge in [0.15, 0.2) is 0 Å². The van der Waals surface area contributed by atoms with Crippen molar-refractivity contribution < 1.29 is 14.3 Å². The molecule has 0 heterocycles. The normalized spacial score (nSPS) is 26.1. The highest BCUT2D eigenvalue weighted by Gasteiger charge is 2.38. The summed E-state index contributed by atoms with van der Waals surface area (Å²) in [4.78, 5) is 12.8. The van der Waals surface area contributed by atoms with E-state index in [2.05, 4.69) is 13.8 Å². The van der Waals surface area contributed by atoms with Crippen LogP contribution in [0.15, 0.2) is 24.3 Å². The van der Waals surface area contributed by atoms with Gasteiger partial charge in [-0.3, -0.25) is 4.79 Å². The van der Waals surface area contributed by atoms with E-state index in [1.54, 1.807) is 0 Å². The molecule has 0 radical (unpaired) electrons. The van der Waals surface area contributed by atoms with E-state index < -0.39 is 0 Å². The Morgan fingerprint density at radius 3 is 2.27 bits per heavy atom. The summed E-state index contributed by atoms with van der Waals surface area (Å²) in [5.74, 6) is 4.05. The summed E-state index contributed by atoms with van der Waals surface area (Å²) in [6.45, 7) is 5.22. The number of fused-ring (bicyclic) bond motifs is 1. The second kappa shape index (κ2) is 12.4. The van der Waals surface area contributed by atoms with Crippen molar-refractivity contribution in [2.75, 3.05) is 6.61 Å². The highest BCUT2D eigenvalue weighted by atomic mass is 16.5. The third-order valence-corrected chi connectivity index (χ3v) is 7.33. The highest BCUT2D eigenvalue weighted by Crippen LogP contribution is 2.46. The maximum atomic E-state index is 12.8. The summed E-state index contributed by atoms with van der Waals surface area (Å²) >= 11 is 0. The Hall–Kier alpha value is -1.51. The average molecular weight is 415 g/mol. The van der Waals surface area contributed by atoms with E-state index in [-0.39, 0.29) is 11.9 Å². The molecule has 1 aromatic rings. The van der Waals surface area contributed by atoms with Gasteiger partial charge in [0, 0.05) is 0 Å². The monoisotopic (exact) mass is 414 g/mol. The molecule has 2 aliphatic rings. The lowest BCUT2D eigenvalue weighted by Gasteiger charge is -2.41. The van der Waals surface area contributed by atoms with Crippen molar-refractivity contribution >= 4 is 5.97 Å². The van der Waals surface area contributed by atoms with Gasteiger partial charge in [0.1, 0.15) is 11.5 Å². The minimum atomic E-state index is -0.0323. The minimum Gasteiger partial charge on any atom is -0.494 e. The van der Waals surface area contributed by atoms with Gasteiger partial charge in [-0.25, -0.2) is 0 Å². The number of carbonyl (C=O) groups is 1. The van der Waals surface area contributed by atoms with E-state index in [0.717, 1.165) is 49.4 Å². The lowest BCUT2D eigenvalue weighted by atomic mass is 9.64. The van der Waals surface area contributed by atoms with Crippen molar-refractivity contribution in [1.82, 2.24) is 0 Å². The molecule has 0 amide bonds. The average Bonchev–Trinajstić information content (AvgIpc) is 2.77. The van der Waals surface area contributed by atoms with Crippen LogP contribution in [0.5, 0.6) is 11.5 Å². The van der Waals surface area contributed by atoms with E-state index in [9.17, 15) is 4.79 Å². The van der Waals surface area contributed by atoms with Gasteiger partial charge in [-0.1, -0.05) is 58.8 Å². The zero-order valence-electron chi connectivity index (χ0n) is 19.2. The summed E-state index contributed by atoms with van der Waals surface area (Å²) in [5, 5.41) is 0. The lowest BCUT2D eigenvalue weighted by molar-refractivity contribution is -0.141. The van der Waals surface area contributed by atoms with E-state index in [1.165, 1.54) is 64.2 Å². The molecule has 3 nitrogen and oxygen atoms in total. The Bertz CT molecular complexity index is 624. The minimum absolute atomic E-state index is 0.0323. The fraction of sp³-hybridized carbons (Fsp3) is 0.741. The topological polar surface area (TPSA) is 35.5 Å². The molecule has 168 valence electrons. The molecule has 4 atom stereocenters. The van der Waals surface area contributed by atoms with Crippen LogP contribution in [0, 0.1) is 23.7 Å². The van der Waals surface area contributed by atoms with Crippen LogP contribution >= 0.6 is 0 Å². The summed E-state index contributed by atoms with van der Waals surface area (Å²) in [5.41, 5.74) is 0. The van der Waals surface area contributed by atoms with Crippen LogP contribution in [-0.4, -0.2) is 12.6 Å². The van der Waals surface area contributed by atoms with Crippen molar-refractivity contribution in [1.29, 1.82) is 0 Å². The maximum absolute atomic E-state index is 12.8. The first-order chi connectivity index (χ1) is 14.7. The summed E-state index contributed by atoms with van der Waals surface area (Å²) < 4.78 is 11.5. The predicted molar refractivity (Wildman–Crippen MR) is 123 cm³/mol. The smallest absolute Gasteiger partial charge is 0.314 e. The number of hydrogen-bond acceptors (Lipinski definition) is 3. The zero-order valence-corrected chi connectivity index (χ0v) is 19.2. The largest absolute Gasteiger partial charge is 0.494 e. The van der Waals surface area contributed by atoms with Crippen LogP contribution in [0.1, 0.15) is 97.3 Å². The number of ether oxygens (including phenoxy) is 2. The maximum Gasteiger partial charge on any atom is 0.314 e. The van der Waals surface area contributed by atoms with Gasteiger partial charge in [0.25, 0.3) is 0 Å². The van der Waals surface area contributed by atoms with Gasteiger partial charge in [0.05, 0.1) is 12.5 Å². The van der Waals surface area contributed by atoms with Gasteiger partial charge < -0.3 is 9.47 Å². The molecule has 0 saturated heterocycles. The Balaban J connectivity index is 1.41. The molecule has 2 fully saturated rings. The molecule has 1 aromatic carbocycles. The Morgan fingerprint density at radius 2 is 1.50 bits per heavy atom. The highest BCUT2D eigenvalue weighted by molar-refractivity contribution is 5.75. The van der Waals surface area contributed by atoms with Crippen LogP contribution in [0.4, 0.5) is 0 Å². The second-order valence-electron chi connectivity index (χ2n) is 9.65. The van der Waals surface area contributed by atoms with Crippen molar-refractivity contribution in [2.24, 2.45) is 23.7 Å². The molecule has 3 heteroatoms. The SMILES string of the molecule is CCCCCOc1ccc(OC(=O)C2CCC3CC(CCCCC)CCC3C2)cc1. The molecular weight excluding hydrogens is 372 g/mol. The summed E-state index contributed by atoms with van der Waals surface area (Å²) in [7, 11) is 0. The molecule has 30 heavy (non-hydrogen) atoms. The van der Waals surface area contributed by atoms with Crippen molar-refractivity contribution in [2.45, 2.75) is 97.3 Å². The number of carbonyl (C=O) groups excluding carboxylic acids is 1. The van der Waals surface area contributed by atoms with Crippen LogP contribution in [-0.2, 0) is 4.79 Å². The van der Waals surface area contributed by atoms with Gasteiger partial charge in [-0.2, -0.15) is 0 Å². The van der Waals surface area contributed by atoms with Gasteiger partial charge in [-0.05, 0) is 80.5 Å². The standard InChI is InChI=1S/C27H42O3/c1-3-5-7-9-21-10-11-23-20-24(13-12-22(23)19-21)27(28)30-26-16-14-25(15-17-26)29-18-8-6-4-2/h14-17,21-24H,3-13,18-20H2,1-2H3. The van der Waals surface area contributed by atoms with E-state index in [1.807, 2.05) is 24.3 Å². The molecule has 0 bridgehead atoms. The number of unbranched alkanes of at least 4 members (excludes halogenated alkanes) is 4. The molecule has 3 rings (SSSR count). The first kappa shape index (κ1) is 23.2. The third kappa shape index (κ3) is 7.03. The molecule has 0 spiro atoms. The molecule has 0 aliphatic heterocycles. The van der Waals surface area contributed by atoms with Crippen molar-refractivity contribution in [3.05, 3.63) is 24.3 Å². The van der Waals surface area contributed by atoms with Crippen LogP contribution in [0.3, 0.4) is 0 Å². The van der Waals surface area contributed by atoms with Crippen molar-refractivity contribution in [3.8, 4) is 11.5 Å². The van der Waals surface area contributed by atoms with Crippen LogP contribution < -0.4 is 9.47 Å². The number of esters is 1. The first-order valence-corrected chi connectivity index (χ1v) is 12.6. The third-order valence-electron chi connectivity index (χ3n) is 7.33. The quantitative estimate of drug-likeness (QED) is 0.213. The predicted octanol–water partition coefficient (Wildman–Crippen LogP) is 7.57. The van der Waals surface area contributed by atoms with Crippen LogP contribution in [0.25, 0.3) is 0 Å². The Kier molecular flexibility index (Phi) is 9.55. The zero-order chi connectivity index (χ0) is 21.2. The fourth-order valence-corrected chi connectivity index (χ4v) is 5.49. The van der Waals surface area contributed by atoms with Crippen molar-refractivity contribution in [3.63, 3.8) is 0 Å². The number of hydrogen-bond donors (Lipinski definition) is 0. The van der Waals surface area contributed by atoms with E-state index in [0.29, 0.717) is 5.75 Å². The molecule has 0 aromatic heterocycles. The van der Waals surface area contributed by atoms with Gasteiger partial charge >= 0.3 is 5.97 Å². The second-order valence-corrected chi connectivity index (χ2v) is 9.65. The Morgan fingerprint density at radius 1 is 0.833 bits per heavy atom. The number of rotatable bonds is 11. The molecule has 4 unspecified atom stereocenters. The van der Waals surface area contributed by atoms with E-state index >= 15 is 0 Å². The molecule has 0 N–H and O–H groups in total. The van der Waals surface area contributed by atoms with E-state index in [4.69, 9.17) is 9.47 Å².